The van der Waals surface area contributed by atoms with Crippen molar-refractivity contribution in [2.45, 2.75) is 13.5 Å². The second-order valence-electron chi connectivity index (χ2n) is 3.18. The zero-order chi connectivity index (χ0) is 10.7. The molecule has 78 valence electrons. The summed E-state index contributed by atoms with van der Waals surface area (Å²) in [5, 5.41) is 4.25. The Morgan fingerprint density at radius 3 is 3.00 bits per heavy atom. The molecule has 2 aromatic rings. The van der Waals surface area contributed by atoms with Crippen molar-refractivity contribution < 1.29 is 9.26 Å². The van der Waals surface area contributed by atoms with Crippen LogP contribution in [0.1, 0.15) is 11.3 Å². The van der Waals surface area contributed by atoms with E-state index < -0.39 is 0 Å². The van der Waals surface area contributed by atoms with Gasteiger partial charge in [-0.1, -0.05) is 22.8 Å². The minimum absolute atomic E-state index is 0.362. The van der Waals surface area contributed by atoms with Crippen LogP contribution in [0.4, 0.5) is 0 Å². The molecular weight excluding hydrogens is 214 g/mol. The smallest absolute Gasteiger partial charge is 0.174 e. The van der Waals surface area contributed by atoms with Gasteiger partial charge in [0.2, 0.25) is 0 Å². The Hall–Kier alpha value is -1.48. The van der Waals surface area contributed by atoms with Crippen molar-refractivity contribution in [3.05, 3.63) is 46.8 Å². The summed E-state index contributed by atoms with van der Waals surface area (Å²) in [6.45, 7) is 2.33. The molecule has 0 saturated carbocycles. The van der Waals surface area contributed by atoms with Crippen LogP contribution in [0.15, 0.2) is 35.0 Å². The van der Waals surface area contributed by atoms with Gasteiger partial charge >= 0.3 is 0 Å². The Morgan fingerprint density at radius 1 is 1.40 bits per heavy atom. The third-order valence-corrected chi connectivity index (χ3v) is 2.25. The predicted molar refractivity (Wildman–Crippen MR) is 57.0 cm³/mol. The summed E-state index contributed by atoms with van der Waals surface area (Å²) in [5.41, 5.74) is 1.04. The van der Waals surface area contributed by atoms with Gasteiger partial charge in [0.05, 0.1) is 6.20 Å². The van der Waals surface area contributed by atoms with Crippen molar-refractivity contribution >= 4 is 11.6 Å². The molecule has 1 aromatic carbocycles. The van der Waals surface area contributed by atoms with Crippen LogP contribution < -0.4 is 4.74 Å². The first-order valence-corrected chi connectivity index (χ1v) is 4.92. The first-order chi connectivity index (χ1) is 7.25. The van der Waals surface area contributed by atoms with E-state index >= 15 is 0 Å². The predicted octanol–water partition coefficient (Wildman–Crippen LogP) is 3.22. The second kappa shape index (κ2) is 4.36. The average molecular weight is 224 g/mol. The van der Waals surface area contributed by atoms with E-state index in [9.17, 15) is 0 Å². The number of hydrogen-bond donors (Lipinski definition) is 0. The monoisotopic (exact) mass is 223 g/mol. The van der Waals surface area contributed by atoms with E-state index in [1.54, 1.807) is 18.3 Å². The zero-order valence-corrected chi connectivity index (χ0v) is 8.99. The molecule has 0 aliphatic rings. The van der Waals surface area contributed by atoms with Crippen LogP contribution >= 0.6 is 11.6 Å². The van der Waals surface area contributed by atoms with Gasteiger partial charge in [-0.2, -0.15) is 0 Å². The number of nitrogens with zero attached hydrogens (tertiary/aromatic N) is 1. The molecule has 0 aliphatic heterocycles. The van der Waals surface area contributed by atoms with Gasteiger partial charge < -0.3 is 9.26 Å². The maximum Gasteiger partial charge on any atom is 0.174 e. The van der Waals surface area contributed by atoms with Crippen molar-refractivity contribution in [2.24, 2.45) is 0 Å². The zero-order valence-electron chi connectivity index (χ0n) is 8.24. The highest BCUT2D eigenvalue weighted by atomic mass is 35.5. The number of halogens is 1. The quantitative estimate of drug-likeness (QED) is 0.802. The maximum absolute atomic E-state index is 5.86. The topological polar surface area (TPSA) is 35.3 Å². The molecular formula is C11H10ClNO2. The van der Waals surface area contributed by atoms with Gasteiger partial charge in [0.25, 0.3) is 0 Å². The third kappa shape index (κ3) is 2.50. The summed E-state index contributed by atoms with van der Waals surface area (Å²) in [6, 6.07) is 7.30. The molecule has 2 rings (SSSR count). The fraction of sp³-hybridized carbons (Fsp3) is 0.182. The molecule has 0 N–H and O–H groups in total. The van der Waals surface area contributed by atoms with E-state index in [1.165, 1.54) is 0 Å². The number of benzene rings is 1. The van der Waals surface area contributed by atoms with Gasteiger partial charge in [-0.15, -0.1) is 0 Å². The lowest BCUT2D eigenvalue weighted by molar-refractivity contribution is 0.248. The summed E-state index contributed by atoms with van der Waals surface area (Å²) in [5.74, 6) is 1.45. The first kappa shape index (κ1) is 10.1. The minimum atomic E-state index is 0.362. The van der Waals surface area contributed by atoms with Crippen LogP contribution in [0.5, 0.6) is 5.75 Å². The lowest BCUT2D eigenvalue weighted by Crippen LogP contribution is -1.95. The fourth-order valence-corrected chi connectivity index (χ4v) is 1.36. The number of aromatic nitrogens is 1. The molecule has 0 bridgehead atoms. The Morgan fingerprint density at radius 2 is 2.27 bits per heavy atom. The first-order valence-electron chi connectivity index (χ1n) is 4.54. The van der Waals surface area contributed by atoms with E-state index in [-0.39, 0.29) is 0 Å². The number of aryl methyl sites for hydroxylation is 1. The summed E-state index contributed by atoms with van der Waals surface area (Å²) in [7, 11) is 0. The number of ether oxygens (including phenoxy) is 1. The van der Waals surface area contributed by atoms with Crippen LogP contribution in [-0.2, 0) is 6.61 Å². The Kier molecular flexibility index (Phi) is 2.92. The van der Waals surface area contributed by atoms with E-state index in [1.807, 2.05) is 19.1 Å². The standard InChI is InChI=1S/C11H10ClNO2/c1-8-2-3-9(12)6-11(8)14-7-10-4-5-13-15-10/h2-6H,7H2,1H3. The van der Waals surface area contributed by atoms with Crippen LogP contribution in [0.3, 0.4) is 0 Å². The molecule has 0 saturated heterocycles. The van der Waals surface area contributed by atoms with Gasteiger partial charge in [0, 0.05) is 11.1 Å². The molecule has 0 radical (unpaired) electrons. The highest BCUT2D eigenvalue weighted by Gasteiger charge is 2.02. The van der Waals surface area contributed by atoms with E-state index in [2.05, 4.69) is 5.16 Å². The second-order valence-corrected chi connectivity index (χ2v) is 3.61. The molecule has 0 atom stereocenters. The molecule has 0 unspecified atom stereocenters. The lowest BCUT2D eigenvalue weighted by Gasteiger charge is -2.07. The number of rotatable bonds is 3. The number of hydrogen-bond acceptors (Lipinski definition) is 3. The van der Waals surface area contributed by atoms with Gasteiger partial charge in [0.15, 0.2) is 5.76 Å². The van der Waals surface area contributed by atoms with Crippen molar-refractivity contribution in [1.82, 2.24) is 5.16 Å². The fourth-order valence-electron chi connectivity index (χ4n) is 1.19. The molecule has 15 heavy (non-hydrogen) atoms. The maximum atomic E-state index is 5.86. The summed E-state index contributed by atoms with van der Waals surface area (Å²) in [6.07, 6.45) is 1.59. The third-order valence-electron chi connectivity index (χ3n) is 2.01. The molecule has 4 heteroatoms. The van der Waals surface area contributed by atoms with E-state index in [0.717, 1.165) is 11.3 Å². The summed E-state index contributed by atoms with van der Waals surface area (Å²) < 4.78 is 10.5. The van der Waals surface area contributed by atoms with Crippen LogP contribution in [-0.4, -0.2) is 5.16 Å². The van der Waals surface area contributed by atoms with Gasteiger partial charge in [-0.3, -0.25) is 0 Å². The molecule has 3 nitrogen and oxygen atoms in total. The summed E-state index contributed by atoms with van der Waals surface area (Å²) >= 11 is 5.86. The Labute approximate surface area is 92.6 Å². The van der Waals surface area contributed by atoms with Crippen molar-refractivity contribution in [1.29, 1.82) is 0 Å². The van der Waals surface area contributed by atoms with Crippen molar-refractivity contribution in [3.8, 4) is 5.75 Å². The average Bonchev–Trinajstić information content (AvgIpc) is 2.72. The molecule has 0 spiro atoms. The molecule has 1 heterocycles. The summed E-state index contributed by atoms with van der Waals surface area (Å²) in [4.78, 5) is 0. The van der Waals surface area contributed by atoms with E-state index in [4.69, 9.17) is 20.9 Å². The largest absolute Gasteiger partial charge is 0.485 e. The van der Waals surface area contributed by atoms with Gasteiger partial charge in [-0.05, 0) is 24.6 Å². The van der Waals surface area contributed by atoms with Crippen molar-refractivity contribution in [2.75, 3.05) is 0 Å². The highest BCUT2D eigenvalue weighted by molar-refractivity contribution is 6.30. The van der Waals surface area contributed by atoms with Gasteiger partial charge in [0.1, 0.15) is 12.4 Å². The normalized spacial score (nSPS) is 10.3. The van der Waals surface area contributed by atoms with Crippen molar-refractivity contribution in [3.63, 3.8) is 0 Å². The SMILES string of the molecule is Cc1ccc(Cl)cc1OCc1ccno1. The highest BCUT2D eigenvalue weighted by Crippen LogP contribution is 2.23. The minimum Gasteiger partial charge on any atom is -0.485 e. The van der Waals surface area contributed by atoms with Crippen LogP contribution in [0, 0.1) is 6.92 Å². The molecule has 0 fully saturated rings. The van der Waals surface area contributed by atoms with Gasteiger partial charge in [-0.25, -0.2) is 0 Å². The Bertz CT molecular complexity index is 440. The molecule has 0 aliphatic carbocycles. The molecule has 1 aromatic heterocycles. The Balaban J connectivity index is 2.07. The van der Waals surface area contributed by atoms with Crippen LogP contribution in [0.2, 0.25) is 5.02 Å². The molecule has 0 amide bonds. The lowest BCUT2D eigenvalue weighted by atomic mass is 10.2. The van der Waals surface area contributed by atoms with E-state index in [0.29, 0.717) is 17.4 Å². The van der Waals surface area contributed by atoms with Crippen LogP contribution in [0.25, 0.3) is 0 Å².